The number of hydrogen-bond acceptors (Lipinski definition) is 6. The van der Waals surface area contributed by atoms with E-state index in [2.05, 4.69) is 12.0 Å². The molecule has 10 nitrogen and oxygen atoms in total. The number of amides is 1. The van der Waals surface area contributed by atoms with Crippen LogP contribution in [0.4, 0.5) is 5.69 Å². The van der Waals surface area contributed by atoms with Gasteiger partial charge in [-0.3, -0.25) is 14.7 Å². The molecule has 3 N–H and O–H groups in total. The Morgan fingerprint density at radius 3 is 2.38 bits per heavy atom. The van der Waals surface area contributed by atoms with E-state index in [1.54, 1.807) is 35.1 Å². The molecule has 1 unspecified atom stereocenters. The molecule has 200 valence electrons. The summed E-state index contributed by atoms with van der Waals surface area (Å²) in [6.45, 7) is 3.95. The molecule has 1 amide bonds. The first-order valence-corrected chi connectivity index (χ1v) is 14.1. The highest BCUT2D eigenvalue weighted by Gasteiger charge is 2.32. The zero-order chi connectivity index (χ0) is 26.7. The second-order valence-electron chi connectivity index (χ2n) is 9.68. The fraction of sp³-hybridized carbons (Fsp3) is 0.462. The van der Waals surface area contributed by atoms with Gasteiger partial charge in [-0.2, -0.15) is 17.8 Å². The number of aryl methyl sites for hydroxylation is 1. The molecule has 2 aromatic carbocycles. The van der Waals surface area contributed by atoms with Gasteiger partial charge in [-0.1, -0.05) is 50.5 Å². The lowest BCUT2D eigenvalue weighted by Gasteiger charge is -2.33. The number of nitrogens with zero attached hydrogens (tertiary/aromatic N) is 5. The van der Waals surface area contributed by atoms with Crippen molar-refractivity contribution < 1.29 is 18.4 Å². The first kappa shape index (κ1) is 27.1. The number of piperazine rings is 1. The summed E-state index contributed by atoms with van der Waals surface area (Å²) in [5.41, 5.74) is 9.34. The number of carbonyl (C=O) groups is 1. The Hall–Kier alpha value is -2.99. The molecule has 0 saturated carbocycles. The van der Waals surface area contributed by atoms with Crippen LogP contribution in [0.2, 0.25) is 0 Å². The SMILES string of the molecule is CCCCCC(C(N)=O)c1c(-c2ccc(N(O)S(=O)(=O)N3CCN(C)CC3)cc2)ccc2cnn(C)c12. The van der Waals surface area contributed by atoms with Gasteiger partial charge in [0.1, 0.15) is 0 Å². The smallest absolute Gasteiger partial charge is 0.326 e. The molecule has 1 aromatic heterocycles. The maximum atomic E-state index is 13.0. The van der Waals surface area contributed by atoms with E-state index in [0.29, 0.717) is 37.1 Å². The lowest BCUT2D eigenvalue weighted by molar-refractivity contribution is -0.119. The average molecular weight is 529 g/mol. The van der Waals surface area contributed by atoms with Gasteiger partial charge in [-0.15, -0.1) is 4.47 Å². The third-order valence-electron chi connectivity index (χ3n) is 7.14. The van der Waals surface area contributed by atoms with E-state index < -0.39 is 16.1 Å². The van der Waals surface area contributed by atoms with Crippen LogP contribution in [0.25, 0.3) is 22.0 Å². The molecular weight excluding hydrogens is 492 g/mol. The summed E-state index contributed by atoms with van der Waals surface area (Å²) in [4.78, 5) is 14.7. The predicted octanol–water partition coefficient (Wildman–Crippen LogP) is 3.08. The summed E-state index contributed by atoms with van der Waals surface area (Å²) < 4.78 is 29.3. The van der Waals surface area contributed by atoms with Gasteiger partial charge >= 0.3 is 10.2 Å². The zero-order valence-corrected chi connectivity index (χ0v) is 22.5. The fourth-order valence-electron chi connectivity index (χ4n) is 4.96. The zero-order valence-electron chi connectivity index (χ0n) is 21.7. The number of nitrogens with two attached hydrogens (primary N) is 1. The van der Waals surface area contributed by atoms with Gasteiger partial charge in [-0.25, -0.2) is 0 Å². The minimum atomic E-state index is -4.07. The van der Waals surface area contributed by atoms with E-state index in [-0.39, 0.29) is 11.6 Å². The van der Waals surface area contributed by atoms with Gasteiger partial charge in [0.15, 0.2) is 0 Å². The number of anilines is 1. The van der Waals surface area contributed by atoms with Crippen LogP contribution in [0.15, 0.2) is 42.6 Å². The van der Waals surface area contributed by atoms with E-state index in [9.17, 15) is 18.4 Å². The van der Waals surface area contributed by atoms with Crippen molar-refractivity contribution in [2.45, 2.75) is 38.5 Å². The summed E-state index contributed by atoms with van der Waals surface area (Å²) in [7, 11) is -0.289. The molecule has 2 heterocycles. The van der Waals surface area contributed by atoms with Crippen LogP contribution in [0.5, 0.6) is 0 Å². The van der Waals surface area contributed by atoms with Crippen molar-refractivity contribution in [3.05, 3.63) is 48.2 Å². The van der Waals surface area contributed by atoms with Crippen molar-refractivity contribution in [2.75, 3.05) is 37.7 Å². The highest BCUT2D eigenvalue weighted by molar-refractivity contribution is 7.90. The topological polar surface area (TPSA) is 125 Å². The largest absolute Gasteiger partial charge is 0.369 e. The Morgan fingerprint density at radius 1 is 1.08 bits per heavy atom. The van der Waals surface area contributed by atoms with Crippen molar-refractivity contribution in [1.82, 2.24) is 19.0 Å². The first-order chi connectivity index (χ1) is 17.6. The number of likely N-dealkylation sites (N-methyl/N-ethyl adjacent to an activating group) is 1. The first-order valence-electron chi connectivity index (χ1n) is 12.7. The van der Waals surface area contributed by atoms with E-state index in [4.69, 9.17) is 5.73 Å². The summed E-state index contributed by atoms with van der Waals surface area (Å²) in [6, 6.07) is 10.5. The lowest BCUT2D eigenvalue weighted by Crippen LogP contribution is -2.51. The van der Waals surface area contributed by atoms with Crippen molar-refractivity contribution in [2.24, 2.45) is 12.8 Å². The molecule has 1 atom stereocenters. The second kappa shape index (κ2) is 11.2. The van der Waals surface area contributed by atoms with Gasteiger partial charge in [0.25, 0.3) is 0 Å². The highest BCUT2D eigenvalue weighted by Crippen LogP contribution is 2.38. The molecule has 1 aliphatic heterocycles. The van der Waals surface area contributed by atoms with Crippen LogP contribution in [0.1, 0.15) is 44.1 Å². The molecule has 0 aliphatic carbocycles. The Morgan fingerprint density at radius 2 is 1.76 bits per heavy atom. The molecular formula is C26H36N6O4S. The second-order valence-corrected chi connectivity index (χ2v) is 11.4. The third kappa shape index (κ3) is 5.49. The number of carbonyl (C=O) groups excluding carboxylic acids is 1. The normalized spacial score (nSPS) is 16.2. The maximum absolute atomic E-state index is 13.0. The van der Waals surface area contributed by atoms with Crippen LogP contribution in [-0.2, 0) is 22.1 Å². The molecule has 1 saturated heterocycles. The molecule has 37 heavy (non-hydrogen) atoms. The lowest BCUT2D eigenvalue weighted by atomic mass is 9.85. The summed E-state index contributed by atoms with van der Waals surface area (Å²) in [5, 5.41) is 15.9. The average Bonchev–Trinajstić information content (AvgIpc) is 3.27. The maximum Gasteiger partial charge on any atom is 0.326 e. The number of hydrogen-bond donors (Lipinski definition) is 2. The molecule has 0 spiro atoms. The number of primary amides is 1. The van der Waals surface area contributed by atoms with Crippen molar-refractivity contribution in [3.8, 4) is 11.1 Å². The van der Waals surface area contributed by atoms with Crippen LogP contribution < -0.4 is 10.2 Å². The van der Waals surface area contributed by atoms with E-state index in [1.807, 2.05) is 31.1 Å². The van der Waals surface area contributed by atoms with Crippen LogP contribution in [-0.4, -0.2) is 71.7 Å². The third-order valence-corrected chi connectivity index (χ3v) is 8.80. The molecule has 0 radical (unpaired) electrons. The number of rotatable bonds is 10. The molecule has 3 aromatic rings. The Bertz CT molecular complexity index is 1350. The van der Waals surface area contributed by atoms with Gasteiger partial charge in [-0.05, 0) is 42.3 Å². The van der Waals surface area contributed by atoms with E-state index >= 15 is 0 Å². The van der Waals surface area contributed by atoms with E-state index in [1.165, 1.54) is 4.31 Å². The number of fused-ring (bicyclic) bond motifs is 1. The van der Waals surface area contributed by atoms with E-state index in [0.717, 1.165) is 46.9 Å². The minimum absolute atomic E-state index is 0.139. The van der Waals surface area contributed by atoms with Gasteiger partial charge < -0.3 is 10.6 Å². The fourth-order valence-corrected chi connectivity index (χ4v) is 6.19. The Kier molecular flexibility index (Phi) is 8.17. The van der Waals surface area contributed by atoms with Gasteiger partial charge in [0.2, 0.25) is 5.91 Å². The molecule has 1 fully saturated rings. The van der Waals surface area contributed by atoms with Gasteiger partial charge in [0, 0.05) is 38.6 Å². The molecule has 4 rings (SSSR count). The monoisotopic (exact) mass is 528 g/mol. The summed E-state index contributed by atoms with van der Waals surface area (Å²) in [5.74, 6) is -0.880. The Balaban J connectivity index is 1.70. The van der Waals surface area contributed by atoms with Crippen LogP contribution in [0.3, 0.4) is 0 Å². The van der Waals surface area contributed by atoms with Crippen LogP contribution >= 0.6 is 0 Å². The van der Waals surface area contributed by atoms with Crippen molar-refractivity contribution in [1.29, 1.82) is 0 Å². The molecule has 1 aliphatic rings. The number of aromatic nitrogens is 2. The molecule has 11 heteroatoms. The van der Waals surface area contributed by atoms with Crippen molar-refractivity contribution in [3.63, 3.8) is 0 Å². The molecule has 0 bridgehead atoms. The standard InChI is InChI=1S/C26H36N6O4S/c1-4-5-6-7-23(26(27)33)24-22(13-10-20-18-28-30(3)25(20)24)19-8-11-21(12-9-19)32(34)37(35,36)31-16-14-29(2)15-17-31/h8-13,18,23,34H,4-7,14-17H2,1-3H3,(H2,27,33). The number of benzene rings is 2. The Labute approximate surface area is 218 Å². The highest BCUT2D eigenvalue weighted by atomic mass is 32.2. The number of unbranched alkanes of at least 4 members (excludes halogenated alkanes) is 2. The van der Waals surface area contributed by atoms with Crippen LogP contribution in [0, 0.1) is 0 Å². The summed E-state index contributed by atoms with van der Waals surface area (Å²) >= 11 is 0. The van der Waals surface area contributed by atoms with Gasteiger partial charge in [0.05, 0.1) is 23.3 Å². The van der Waals surface area contributed by atoms with Crippen molar-refractivity contribution >= 4 is 32.7 Å². The quantitative estimate of drug-likeness (QED) is 0.308. The minimum Gasteiger partial charge on any atom is -0.369 e. The summed E-state index contributed by atoms with van der Waals surface area (Å²) in [6.07, 6.45) is 5.31. The predicted molar refractivity (Wildman–Crippen MR) is 144 cm³/mol.